The molecule has 0 spiro atoms. The van der Waals surface area contributed by atoms with Gasteiger partial charge < -0.3 is 20.5 Å². The van der Waals surface area contributed by atoms with Crippen LogP contribution in [0.15, 0.2) is 48.5 Å². The Kier molecular flexibility index (Phi) is 7.67. The Hall–Kier alpha value is -2.37. The molecule has 3 atom stereocenters. The number of aliphatic hydroxyl groups excluding tert-OH is 1. The lowest BCUT2D eigenvalue weighted by atomic mass is 9.78. The van der Waals surface area contributed by atoms with E-state index in [4.69, 9.17) is 4.74 Å². The van der Waals surface area contributed by atoms with Crippen molar-refractivity contribution in [2.45, 2.75) is 51.7 Å². The number of aryl methyl sites for hydroxylation is 1. The zero-order chi connectivity index (χ0) is 20.6. The molecular weight excluding hydrogens is 364 g/mol. The van der Waals surface area contributed by atoms with Crippen LogP contribution in [0.1, 0.15) is 49.7 Å². The predicted octanol–water partition coefficient (Wildman–Crippen LogP) is 4.11. The molecule has 1 aliphatic rings. The summed E-state index contributed by atoms with van der Waals surface area (Å²) in [5.74, 6) is 2.23. The molecule has 3 N–H and O–H groups in total. The third-order valence-corrected chi connectivity index (χ3v) is 5.66. The summed E-state index contributed by atoms with van der Waals surface area (Å²) >= 11 is 0. The van der Waals surface area contributed by atoms with Gasteiger partial charge in [-0.25, -0.2) is 0 Å². The first-order valence-electron chi connectivity index (χ1n) is 10.5. The van der Waals surface area contributed by atoms with E-state index < -0.39 is 6.23 Å². The number of hydrogen-bond donors (Lipinski definition) is 3. The third-order valence-electron chi connectivity index (χ3n) is 5.66. The number of aliphatic hydroxyl groups is 1. The van der Waals surface area contributed by atoms with Crippen LogP contribution in [0.5, 0.6) is 11.5 Å². The molecule has 1 amide bonds. The molecule has 0 aliphatic carbocycles. The summed E-state index contributed by atoms with van der Waals surface area (Å²) in [6.07, 6.45) is 2.76. The highest BCUT2D eigenvalue weighted by Crippen LogP contribution is 2.40. The number of amides is 1. The van der Waals surface area contributed by atoms with Crippen molar-refractivity contribution in [1.29, 1.82) is 0 Å². The van der Waals surface area contributed by atoms with Crippen LogP contribution in [0.25, 0.3) is 0 Å². The number of nitrogens with one attached hydrogen (secondary N) is 2. The minimum absolute atomic E-state index is 0.211. The Balaban J connectivity index is 1.84. The number of ether oxygens (including phenoxy) is 1. The minimum atomic E-state index is -0.823. The molecule has 1 unspecified atom stereocenters. The molecule has 2 aromatic rings. The normalized spacial score (nSPS) is 18.7. The molecule has 1 heterocycles. The summed E-state index contributed by atoms with van der Waals surface area (Å²) in [4.78, 5) is 11.3. The van der Waals surface area contributed by atoms with Crippen molar-refractivity contribution in [1.82, 2.24) is 10.6 Å². The summed E-state index contributed by atoms with van der Waals surface area (Å²) in [5.41, 5.74) is 2.26. The molecule has 1 aliphatic heterocycles. The van der Waals surface area contributed by atoms with Gasteiger partial charge in [-0.2, -0.15) is 0 Å². The molecule has 5 nitrogen and oxygen atoms in total. The van der Waals surface area contributed by atoms with Crippen molar-refractivity contribution < 1.29 is 14.6 Å². The second-order valence-electron chi connectivity index (χ2n) is 7.91. The van der Waals surface area contributed by atoms with Gasteiger partial charge >= 0.3 is 0 Å². The van der Waals surface area contributed by atoms with Crippen LogP contribution in [0.3, 0.4) is 0 Å². The molecular formula is C24H32N2O3. The van der Waals surface area contributed by atoms with Gasteiger partial charge in [-0.05, 0) is 80.8 Å². The molecule has 3 rings (SSSR count). The van der Waals surface area contributed by atoms with E-state index in [0.717, 1.165) is 49.4 Å². The SMILES string of the molecule is CC(=O)NC(O)CC[C@H](c1ccccc1Oc1ccccc1C)[C@H]1CCCNC1. The molecule has 2 aromatic carbocycles. The van der Waals surface area contributed by atoms with Gasteiger partial charge in [0.05, 0.1) is 0 Å². The molecule has 1 saturated heterocycles. The fourth-order valence-corrected chi connectivity index (χ4v) is 4.18. The molecule has 5 heteroatoms. The van der Waals surface area contributed by atoms with Crippen molar-refractivity contribution in [3.63, 3.8) is 0 Å². The van der Waals surface area contributed by atoms with Crippen molar-refractivity contribution in [2.24, 2.45) is 5.92 Å². The van der Waals surface area contributed by atoms with Gasteiger partial charge in [-0.1, -0.05) is 36.4 Å². The molecule has 0 saturated carbocycles. The number of rotatable bonds is 8. The lowest BCUT2D eigenvalue weighted by Crippen LogP contribution is -2.36. The first kappa shape index (κ1) is 21.3. The zero-order valence-electron chi connectivity index (χ0n) is 17.4. The quantitative estimate of drug-likeness (QED) is 0.588. The maximum Gasteiger partial charge on any atom is 0.218 e. The monoisotopic (exact) mass is 396 g/mol. The van der Waals surface area contributed by atoms with E-state index in [1.807, 2.05) is 49.4 Å². The molecule has 0 radical (unpaired) electrons. The number of benzene rings is 2. The van der Waals surface area contributed by atoms with Crippen LogP contribution in [0.4, 0.5) is 0 Å². The van der Waals surface area contributed by atoms with Gasteiger partial charge in [0, 0.05) is 6.92 Å². The van der Waals surface area contributed by atoms with Gasteiger partial charge in [-0.3, -0.25) is 4.79 Å². The largest absolute Gasteiger partial charge is 0.457 e. The van der Waals surface area contributed by atoms with E-state index in [0.29, 0.717) is 12.3 Å². The number of piperidine rings is 1. The molecule has 0 bridgehead atoms. The van der Waals surface area contributed by atoms with Crippen molar-refractivity contribution in [3.8, 4) is 11.5 Å². The Morgan fingerprint density at radius 3 is 2.59 bits per heavy atom. The van der Waals surface area contributed by atoms with Crippen molar-refractivity contribution in [3.05, 3.63) is 59.7 Å². The summed E-state index contributed by atoms with van der Waals surface area (Å²) < 4.78 is 6.33. The smallest absolute Gasteiger partial charge is 0.218 e. The maximum atomic E-state index is 11.3. The molecule has 0 aromatic heterocycles. The summed E-state index contributed by atoms with van der Waals surface area (Å²) in [5, 5.41) is 16.3. The van der Waals surface area contributed by atoms with E-state index >= 15 is 0 Å². The number of carbonyl (C=O) groups is 1. The third kappa shape index (κ3) is 6.05. The van der Waals surface area contributed by atoms with Gasteiger partial charge in [0.1, 0.15) is 17.7 Å². The Labute approximate surface area is 173 Å². The number of carbonyl (C=O) groups excluding carboxylic acids is 1. The molecule has 156 valence electrons. The van der Waals surface area contributed by atoms with E-state index in [9.17, 15) is 9.90 Å². The van der Waals surface area contributed by atoms with Crippen LogP contribution in [0.2, 0.25) is 0 Å². The van der Waals surface area contributed by atoms with Crippen LogP contribution >= 0.6 is 0 Å². The first-order valence-corrected chi connectivity index (χ1v) is 10.5. The first-order chi connectivity index (χ1) is 14.0. The lowest BCUT2D eigenvalue weighted by molar-refractivity contribution is -0.122. The second-order valence-corrected chi connectivity index (χ2v) is 7.91. The molecule has 29 heavy (non-hydrogen) atoms. The Morgan fingerprint density at radius 1 is 1.17 bits per heavy atom. The fourth-order valence-electron chi connectivity index (χ4n) is 4.18. The van der Waals surface area contributed by atoms with Gasteiger partial charge in [0.2, 0.25) is 5.91 Å². The predicted molar refractivity (Wildman–Crippen MR) is 115 cm³/mol. The topological polar surface area (TPSA) is 70.6 Å². The van der Waals surface area contributed by atoms with Gasteiger partial charge in [0.15, 0.2) is 0 Å². The summed E-state index contributed by atoms with van der Waals surface area (Å²) in [7, 11) is 0. The maximum absolute atomic E-state index is 11.3. The van der Waals surface area contributed by atoms with Crippen LogP contribution in [-0.2, 0) is 4.79 Å². The highest BCUT2D eigenvalue weighted by Gasteiger charge is 2.28. The highest BCUT2D eigenvalue weighted by atomic mass is 16.5. The lowest BCUT2D eigenvalue weighted by Gasteiger charge is -2.32. The minimum Gasteiger partial charge on any atom is -0.457 e. The van der Waals surface area contributed by atoms with E-state index in [1.54, 1.807) is 0 Å². The highest BCUT2D eigenvalue weighted by molar-refractivity contribution is 5.72. The van der Waals surface area contributed by atoms with Crippen molar-refractivity contribution in [2.75, 3.05) is 13.1 Å². The Bertz CT molecular complexity index is 802. The fraction of sp³-hybridized carbons (Fsp3) is 0.458. The van der Waals surface area contributed by atoms with Gasteiger partial charge in [0.25, 0.3) is 0 Å². The van der Waals surface area contributed by atoms with Crippen LogP contribution in [-0.4, -0.2) is 30.3 Å². The van der Waals surface area contributed by atoms with E-state index in [1.165, 1.54) is 12.5 Å². The second kappa shape index (κ2) is 10.4. The standard InChI is InChI=1S/C24H32N2O3/c1-17-8-3-5-11-22(17)29-23-12-6-4-10-21(23)20(19-9-7-15-25-16-19)13-14-24(28)26-18(2)27/h3-6,8,10-12,19-20,24-25,28H,7,9,13-16H2,1-2H3,(H,26,27)/t19-,20-,24?/m0/s1. The molecule has 1 fully saturated rings. The van der Waals surface area contributed by atoms with Crippen LogP contribution < -0.4 is 15.4 Å². The number of para-hydroxylation sites is 2. The average Bonchev–Trinajstić information content (AvgIpc) is 2.71. The van der Waals surface area contributed by atoms with E-state index in [2.05, 4.69) is 16.7 Å². The average molecular weight is 397 g/mol. The Morgan fingerprint density at radius 2 is 1.90 bits per heavy atom. The van der Waals surface area contributed by atoms with E-state index in [-0.39, 0.29) is 11.8 Å². The van der Waals surface area contributed by atoms with Gasteiger partial charge in [-0.15, -0.1) is 0 Å². The van der Waals surface area contributed by atoms with Crippen LogP contribution in [0, 0.1) is 12.8 Å². The summed E-state index contributed by atoms with van der Waals surface area (Å²) in [6.45, 7) is 5.49. The number of hydrogen-bond acceptors (Lipinski definition) is 4. The zero-order valence-corrected chi connectivity index (χ0v) is 17.4. The summed E-state index contributed by atoms with van der Waals surface area (Å²) in [6, 6.07) is 16.2. The van der Waals surface area contributed by atoms with Crippen molar-refractivity contribution >= 4 is 5.91 Å².